The number of aromatic nitrogens is 2. The van der Waals surface area contributed by atoms with Gasteiger partial charge in [0, 0.05) is 24.2 Å². The third-order valence-electron chi connectivity index (χ3n) is 3.61. The first-order valence-corrected chi connectivity index (χ1v) is 7.44. The van der Waals surface area contributed by atoms with E-state index in [1.54, 1.807) is 36.1 Å². The van der Waals surface area contributed by atoms with Crippen molar-refractivity contribution >= 4 is 12.1 Å². The van der Waals surface area contributed by atoms with Gasteiger partial charge >= 0.3 is 12.1 Å². The predicted molar refractivity (Wildman–Crippen MR) is 81.1 cm³/mol. The lowest BCUT2D eigenvalue weighted by Gasteiger charge is -2.26. The summed E-state index contributed by atoms with van der Waals surface area (Å²) in [4.78, 5) is 25.7. The number of ether oxygens (including phenoxy) is 2. The van der Waals surface area contributed by atoms with Crippen LogP contribution >= 0.6 is 0 Å². The first-order valence-electron chi connectivity index (χ1n) is 7.44. The number of benzene rings is 1. The number of amides is 1. The van der Waals surface area contributed by atoms with Crippen molar-refractivity contribution < 1.29 is 19.1 Å². The van der Waals surface area contributed by atoms with Gasteiger partial charge in [-0.25, -0.2) is 9.59 Å². The van der Waals surface area contributed by atoms with Gasteiger partial charge in [-0.2, -0.15) is 5.10 Å². The van der Waals surface area contributed by atoms with Crippen LogP contribution in [0.5, 0.6) is 5.75 Å². The van der Waals surface area contributed by atoms with E-state index in [2.05, 4.69) is 10.2 Å². The van der Waals surface area contributed by atoms with Gasteiger partial charge in [0.1, 0.15) is 5.75 Å². The van der Waals surface area contributed by atoms with E-state index in [4.69, 9.17) is 9.47 Å². The second-order valence-corrected chi connectivity index (χ2v) is 5.10. The Hall–Kier alpha value is -2.83. The highest BCUT2D eigenvalue weighted by Gasteiger charge is 2.29. The molecule has 7 nitrogen and oxygen atoms in total. The summed E-state index contributed by atoms with van der Waals surface area (Å²) in [5, 5.41) is 6.86. The predicted octanol–water partition coefficient (Wildman–Crippen LogP) is 2.14. The highest BCUT2D eigenvalue weighted by Crippen LogP contribution is 2.22. The summed E-state index contributed by atoms with van der Waals surface area (Å²) in [5.41, 5.74) is 1.79. The minimum atomic E-state index is -0.483. The lowest BCUT2D eigenvalue weighted by molar-refractivity contribution is 0.0516. The Bertz CT molecular complexity index is 711. The summed E-state index contributed by atoms with van der Waals surface area (Å²) in [6, 6.07) is 8.88. The number of carbonyl (C=O) groups is 2. The molecule has 2 aromatic rings. The average molecular weight is 315 g/mol. The number of para-hydroxylation sites is 1. The number of nitrogens with one attached hydrogen (secondary N) is 1. The van der Waals surface area contributed by atoms with Crippen molar-refractivity contribution in [3.63, 3.8) is 0 Å². The first kappa shape index (κ1) is 15.1. The molecule has 23 heavy (non-hydrogen) atoms. The average Bonchev–Trinajstić information content (AvgIpc) is 2.99. The smallest absolute Gasteiger partial charge is 0.415 e. The summed E-state index contributed by atoms with van der Waals surface area (Å²) < 4.78 is 10.3. The van der Waals surface area contributed by atoms with E-state index in [0.717, 1.165) is 5.69 Å². The largest absolute Gasteiger partial charge is 0.461 e. The molecule has 2 heterocycles. The number of nitrogens with zero attached hydrogens (tertiary/aromatic N) is 2. The molecule has 0 unspecified atom stereocenters. The Morgan fingerprint density at radius 1 is 1.30 bits per heavy atom. The number of carbonyl (C=O) groups excluding carboxylic acids is 2. The summed E-state index contributed by atoms with van der Waals surface area (Å²) in [6.07, 6.45) is 0.142. The zero-order chi connectivity index (χ0) is 16.2. The minimum absolute atomic E-state index is 0.235. The fraction of sp³-hybridized carbons (Fsp3) is 0.312. The van der Waals surface area contributed by atoms with Crippen LogP contribution < -0.4 is 4.74 Å². The second-order valence-electron chi connectivity index (χ2n) is 5.10. The van der Waals surface area contributed by atoms with Crippen molar-refractivity contribution in [1.29, 1.82) is 0 Å². The number of hydrogen-bond acceptors (Lipinski definition) is 5. The zero-order valence-corrected chi connectivity index (χ0v) is 12.7. The third-order valence-corrected chi connectivity index (χ3v) is 3.61. The molecule has 0 bridgehead atoms. The SMILES string of the molecule is CCOC(=O)c1n[nH]c2c1CN(C(=O)Oc1ccccc1)CC2. The molecular weight excluding hydrogens is 298 g/mol. The Labute approximate surface area is 133 Å². The zero-order valence-electron chi connectivity index (χ0n) is 12.7. The van der Waals surface area contributed by atoms with Crippen LogP contribution in [0.3, 0.4) is 0 Å². The molecule has 1 amide bonds. The Morgan fingerprint density at radius 3 is 2.83 bits per heavy atom. The molecule has 0 atom stereocenters. The lowest BCUT2D eigenvalue weighted by Crippen LogP contribution is -2.38. The molecule has 120 valence electrons. The molecule has 1 N–H and O–H groups in total. The highest BCUT2D eigenvalue weighted by atomic mass is 16.6. The van der Waals surface area contributed by atoms with Crippen molar-refractivity contribution in [2.75, 3.05) is 13.2 Å². The summed E-state index contributed by atoms with van der Waals surface area (Å²) in [7, 11) is 0. The van der Waals surface area contributed by atoms with Gasteiger partial charge in [0.15, 0.2) is 5.69 Å². The van der Waals surface area contributed by atoms with Gasteiger partial charge in [0.2, 0.25) is 0 Å². The van der Waals surface area contributed by atoms with Gasteiger partial charge < -0.3 is 14.4 Å². The van der Waals surface area contributed by atoms with Gasteiger partial charge in [0.25, 0.3) is 0 Å². The second kappa shape index (κ2) is 6.51. The van der Waals surface area contributed by atoms with E-state index in [9.17, 15) is 9.59 Å². The molecule has 1 aromatic heterocycles. The van der Waals surface area contributed by atoms with Crippen LogP contribution in [0, 0.1) is 0 Å². The number of hydrogen-bond donors (Lipinski definition) is 1. The molecule has 0 spiro atoms. The minimum Gasteiger partial charge on any atom is -0.461 e. The maximum Gasteiger partial charge on any atom is 0.415 e. The van der Waals surface area contributed by atoms with Crippen LogP contribution in [0.15, 0.2) is 30.3 Å². The number of esters is 1. The van der Waals surface area contributed by atoms with Crippen LogP contribution in [0.4, 0.5) is 4.79 Å². The van der Waals surface area contributed by atoms with E-state index in [1.165, 1.54) is 0 Å². The number of rotatable bonds is 3. The van der Waals surface area contributed by atoms with E-state index >= 15 is 0 Å². The number of H-pyrrole nitrogens is 1. The van der Waals surface area contributed by atoms with Gasteiger partial charge in [-0.3, -0.25) is 5.10 Å². The fourth-order valence-electron chi connectivity index (χ4n) is 2.47. The van der Waals surface area contributed by atoms with Gasteiger partial charge in [-0.05, 0) is 19.1 Å². The molecule has 0 radical (unpaired) electrons. The van der Waals surface area contributed by atoms with Crippen LogP contribution in [0.2, 0.25) is 0 Å². The van der Waals surface area contributed by atoms with Crippen LogP contribution in [-0.2, 0) is 17.7 Å². The highest BCUT2D eigenvalue weighted by molar-refractivity contribution is 5.89. The van der Waals surface area contributed by atoms with Gasteiger partial charge in [-0.1, -0.05) is 18.2 Å². The van der Waals surface area contributed by atoms with Crippen molar-refractivity contribution in [2.24, 2.45) is 0 Å². The maximum atomic E-state index is 12.3. The van der Waals surface area contributed by atoms with Crippen LogP contribution in [-0.4, -0.2) is 40.3 Å². The van der Waals surface area contributed by atoms with Crippen molar-refractivity contribution in [2.45, 2.75) is 19.9 Å². The standard InChI is InChI=1S/C16H17N3O4/c1-2-22-15(20)14-12-10-19(9-8-13(12)17-18-14)16(21)23-11-6-4-3-5-7-11/h3-7H,2,8-10H2,1H3,(H,17,18). The Kier molecular flexibility index (Phi) is 4.27. The molecule has 0 saturated carbocycles. The quantitative estimate of drug-likeness (QED) is 0.877. The van der Waals surface area contributed by atoms with Gasteiger partial charge in [-0.15, -0.1) is 0 Å². The van der Waals surface area contributed by atoms with Gasteiger partial charge in [0.05, 0.1) is 13.2 Å². The Balaban J connectivity index is 1.73. The number of aromatic amines is 1. The van der Waals surface area contributed by atoms with E-state index in [1.807, 2.05) is 6.07 Å². The summed E-state index contributed by atoms with van der Waals surface area (Å²) >= 11 is 0. The molecule has 0 fully saturated rings. The maximum absolute atomic E-state index is 12.3. The van der Waals surface area contributed by atoms with Crippen LogP contribution in [0.1, 0.15) is 28.7 Å². The summed E-state index contributed by atoms with van der Waals surface area (Å²) in [6.45, 7) is 2.79. The topological polar surface area (TPSA) is 84.5 Å². The molecule has 1 aromatic carbocycles. The fourth-order valence-corrected chi connectivity index (χ4v) is 2.47. The van der Waals surface area contributed by atoms with Crippen molar-refractivity contribution in [1.82, 2.24) is 15.1 Å². The van der Waals surface area contributed by atoms with Crippen molar-refractivity contribution in [3.05, 3.63) is 47.3 Å². The molecule has 3 rings (SSSR count). The first-order chi connectivity index (χ1) is 11.2. The van der Waals surface area contributed by atoms with Crippen LogP contribution in [0.25, 0.3) is 0 Å². The molecule has 1 aliphatic heterocycles. The van der Waals surface area contributed by atoms with E-state index in [0.29, 0.717) is 24.3 Å². The third kappa shape index (κ3) is 3.18. The molecule has 1 aliphatic rings. The van der Waals surface area contributed by atoms with Crippen molar-refractivity contribution in [3.8, 4) is 5.75 Å². The monoisotopic (exact) mass is 315 g/mol. The normalized spacial score (nSPS) is 13.3. The van der Waals surface area contributed by atoms with E-state index in [-0.39, 0.29) is 18.8 Å². The Morgan fingerprint density at radius 2 is 2.09 bits per heavy atom. The summed E-state index contributed by atoms with van der Waals surface area (Å²) in [5.74, 6) is 0.00406. The molecule has 0 saturated heterocycles. The number of fused-ring (bicyclic) bond motifs is 1. The molecular formula is C16H17N3O4. The van der Waals surface area contributed by atoms with E-state index < -0.39 is 12.1 Å². The molecule has 7 heteroatoms. The lowest BCUT2D eigenvalue weighted by atomic mass is 10.1. The molecule has 0 aliphatic carbocycles.